The maximum atomic E-state index is 11.9. The molecule has 1 unspecified atom stereocenters. The summed E-state index contributed by atoms with van der Waals surface area (Å²) in [6, 6.07) is 8.47. The summed E-state index contributed by atoms with van der Waals surface area (Å²) in [5.74, 6) is 5.07. The number of hydrogen-bond acceptors (Lipinski definition) is 4. The smallest absolute Gasteiger partial charge is 0.432 e. The summed E-state index contributed by atoms with van der Waals surface area (Å²) < 4.78 is -1.14. The Morgan fingerprint density at radius 3 is 2.41 bits per heavy atom. The highest BCUT2D eigenvalue weighted by Crippen LogP contribution is 2.13. The molecule has 2 rings (SSSR count). The molecule has 1 aliphatic heterocycles. The van der Waals surface area contributed by atoms with Crippen molar-refractivity contribution in [2.75, 3.05) is 0 Å². The fourth-order valence-corrected chi connectivity index (χ4v) is 1.39. The fraction of sp³-hybridized carbons (Fsp3) is 0. The topological polar surface area (TPSA) is 92.8 Å². The largest absolute Gasteiger partial charge is 0.566 e. The van der Waals surface area contributed by atoms with Crippen LogP contribution in [0, 0.1) is 0 Å². The lowest BCUT2D eigenvalue weighted by Crippen LogP contribution is -2.47. The Balaban J connectivity index is 2.31. The minimum atomic E-state index is -1.35. The molecular weight excluding hydrogens is 222 g/mol. The Bertz CT molecular complexity index is 536. The average molecular weight is 232 g/mol. The maximum absolute atomic E-state index is 11.9. The van der Waals surface area contributed by atoms with Crippen molar-refractivity contribution in [3.05, 3.63) is 48.2 Å². The van der Waals surface area contributed by atoms with E-state index in [0.717, 1.165) is 6.20 Å². The monoisotopic (exact) mass is 232 g/mol. The standard InChI is InChI=1S/C11H9N3O3/c12-14(11(16)17)7-6-9(13-14)10(15)8-4-2-1-3-5-8/h1-7H,12H2/p+1. The predicted molar refractivity (Wildman–Crippen MR) is 59.8 cm³/mol. The first kappa shape index (κ1) is 11.2. The normalized spacial score (nSPS) is 22.3. The number of hydrogen-bond donors (Lipinski definition) is 2. The molecule has 3 N–H and O–H groups in total. The maximum Gasteiger partial charge on any atom is 0.566 e. The Morgan fingerprint density at radius 1 is 1.24 bits per heavy atom. The molecule has 0 aliphatic carbocycles. The van der Waals surface area contributed by atoms with Crippen LogP contribution in [0.1, 0.15) is 10.4 Å². The summed E-state index contributed by atoms with van der Waals surface area (Å²) >= 11 is 0. The number of Topliss-reactive ketones (excluding diaryl/α,β-unsaturated/α-hetero) is 1. The first-order chi connectivity index (χ1) is 8.03. The van der Waals surface area contributed by atoms with Crippen molar-refractivity contribution in [1.29, 1.82) is 0 Å². The third-order valence-corrected chi connectivity index (χ3v) is 2.31. The zero-order valence-electron chi connectivity index (χ0n) is 8.78. The van der Waals surface area contributed by atoms with Gasteiger partial charge in [-0.15, -0.1) is 5.84 Å². The van der Waals surface area contributed by atoms with E-state index in [-0.39, 0.29) is 11.5 Å². The van der Waals surface area contributed by atoms with Crippen LogP contribution in [-0.2, 0) is 0 Å². The first-order valence-corrected chi connectivity index (χ1v) is 4.83. The second-order valence-corrected chi connectivity index (χ2v) is 3.52. The number of carbonyl (C=O) groups excluding carboxylic acids is 1. The predicted octanol–water partition coefficient (Wildman–Crippen LogP) is 1.12. The van der Waals surface area contributed by atoms with Crippen molar-refractivity contribution >= 4 is 17.6 Å². The number of allylic oxidation sites excluding steroid dienone is 1. The SMILES string of the molecule is N[N+]1(C(=O)O)C=CC(C(=O)c2ccccc2)=N1. The lowest BCUT2D eigenvalue weighted by molar-refractivity contribution is -0.822. The van der Waals surface area contributed by atoms with Crippen molar-refractivity contribution in [3.63, 3.8) is 0 Å². The van der Waals surface area contributed by atoms with Gasteiger partial charge in [0.05, 0.1) is 0 Å². The number of amides is 1. The van der Waals surface area contributed by atoms with Crippen LogP contribution in [0.25, 0.3) is 0 Å². The highest BCUT2D eigenvalue weighted by molar-refractivity contribution is 6.49. The third-order valence-electron chi connectivity index (χ3n) is 2.31. The number of carboxylic acid groups (broad SMARTS) is 1. The fourth-order valence-electron chi connectivity index (χ4n) is 1.39. The zero-order chi connectivity index (χ0) is 12.5. The summed E-state index contributed by atoms with van der Waals surface area (Å²) in [5.41, 5.74) is 0.468. The lowest BCUT2D eigenvalue weighted by Gasteiger charge is -2.09. The van der Waals surface area contributed by atoms with Gasteiger partial charge in [-0.05, 0) is 5.10 Å². The van der Waals surface area contributed by atoms with Crippen LogP contribution in [0.5, 0.6) is 0 Å². The van der Waals surface area contributed by atoms with E-state index in [4.69, 9.17) is 10.9 Å². The molecule has 17 heavy (non-hydrogen) atoms. The minimum Gasteiger partial charge on any atom is -0.432 e. The molecule has 6 heteroatoms. The van der Waals surface area contributed by atoms with Gasteiger partial charge in [-0.1, -0.05) is 30.3 Å². The van der Waals surface area contributed by atoms with Crippen LogP contribution in [0.4, 0.5) is 4.79 Å². The Labute approximate surface area is 96.8 Å². The molecule has 6 nitrogen and oxygen atoms in total. The van der Waals surface area contributed by atoms with Crippen LogP contribution in [-0.4, -0.2) is 27.4 Å². The number of quaternary nitrogens is 1. The van der Waals surface area contributed by atoms with Crippen molar-refractivity contribution in [2.45, 2.75) is 0 Å². The lowest BCUT2D eigenvalue weighted by atomic mass is 10.1. The van der Waals surface area contributed by atoms with E-state index in [1.165, 1.54) is 6.08 Å². The third kappa shape index (κ3) is 1.99. The molecule has 1 aliphatic rings. The van der Waals surface area contributed by atoms with Gasteiger partial charge >= 0.3 is 6.09 Å². The molecule has 0 spiro atoms. The highest BCUT2D eigenvalue weighted by atomic mass is 16.4. The molecular formula is C11H10N3O3+. The molecule has 0 fully saturated rings. The van der Waals surface area contributed by atoms with E-state index in [9.17, 15) is 9.59 Å². The van der Waals surface area contributed by atoms with Crippen molar-refractivity contribution < 1.29 is 19.4 Å². The van der Waals surface area contributed by atoms with Crippen LogP contribution in [0.3, 0.4) is 0 Å². The number of ketones is 1. The van der Waals surface area contributed by atoms with Gasteiger partial charge in [0.25, 0.3) is 0 Å². The molecule has 1 atom stereocenters. The molecule has 0 radical (unpaired) electrons. The second-order valence-electron chi connectivity index (χ2n) is 3.52. The van der Waals surface area contributed by atoms with Crippen molar-refractivity contribution in [2.24, 2.45) is 10.9 Å². The second kappa shape index (κ2) is 3.93. The molecule has 0 saturated heterocycles. The first-order valence-electron chi connectivity index (χ1n) is 4.83. The van der Waals surface area contributed by atoms with E-state index in [1.807, 2.05) is 0 Å². The Kier molecular flexibility index (Phi) is 2.58. The van der Waals surface area contributed by atoms with Gasteiger partial charge in [-0.25, -0.2) is 0 Å². The molecule has 0 saturated carbocycles. The highest BCUT2D eigenvalue weighted by Gasteiger charge is 2.38. The van der Waals surface area contributed by atoms with Crippen LogP contribution in [0.2, 0.25) is 0 Å². The van der Waals surface area contributed by atoms with Gasteiger partial charge in [0.2, 0.25) is 5.78 Å². The average Bonchev–Trinajstić information content (AvgIpc) is 2.74. The molecule has 0 bridgehead atoms. The summed E-state index contributed by atoms with van der Waals surface area (Å²) in [7, 11) is 0. The van der Waals surface area contributed by atoms with Crippen LogP contribution in [0.15, 0.2) is 47.7 Å². The number of benzene rings is 1. The molecule has 86 valence electrons. The van der Waals surface area contributed by atoms with E-state index in [0.29, 0.717) is 5.56 Å². The molecule has 1 aromatic carbocycles. The minimum absolute atomic E-state index is 0.0288. The summed E-state index contributed by atoms with van der Waals surface area (Å²) in [6.07, 6.45) is 1.10. The van der Waals surface area contributed by atoms with E-state index < -0.39 is 10.8 Å². The summed E-state index contributed by atoms with van der Waals surface area (Å²) in [6.45, 7) is 0. The van der Waals surface area contributed by atoms with E-state index >= 15 is 0 Å². The quantitative estimate of drug-likeness (QED) is 0.346. The van der Waals surface area contributed by atoms with Crippen LogP contribution >= 0.6 is 0 Å². The van der Waals surface area contributed by atoms with Gasteiger partial charge in [-0.2, -0.15) is 4.79 Å². The van der Waals surface area contributed by atoms with Crippen molar-refractivity contribution in [1.82, 2.24) is 0 Å². The van der Waals surface area contributed by atoms with Gasteiger partial charge in [0, 0.05) is 16.3 Å². The van der Waals surface area contributed by atoms with Gasteiger partial charge in [-0.3, -0.25) is 4.79 Å². The van der Waals surface area contributed by atoms with Crippen molar-refractivity contribution in [3.8, 4) is 0 Å². The number of rotatable bonds is 2. The van der Waals surface area contributed by atoms with E-state index in [2.05, 4.69) is 5.10 Å². The molecule has 0 aromatic heterocycles. The molecule has 1 amide bonds. The summed E-state index contributed by atoms with van der Waals surface area (Å²) in [5, 5.41) is 12.5. The zero-order valence-corrected chi connectivity index (χ0v) is 8.78. The van der Waals surface area contributed by atoms with E-state index in [1.54, 1.807) is 30.3 Å². The number of carbonyl (C=O) groups is 2. The Hall–Kier alpha value is -2.31. The van der Waals surface area contributed by atoms with Gasteiger partial charge in [0.1, 0.15) is 0 Å². The van der Waals surface area contributed by atoms with Gasteiger partial charge in [0.15, 0.2) is 11.9 Å². The molecule has 1 aromatic rings. The Morgan fingerprint density at radius 2 is 1.88 bits per heavy atom. The van der Waals surface area contributed by atoms with Gasteiger partial charge < -0.3 is 5.11 Å². The van der Waals surface area contributed by atoms with Crippen LogP contribution < -0.4 is 5.84 Å². The molecule has 1 heterocycles. The number of nitrogens with two attached hydrogens (primary N) is 1. The number of nitrogens with zero attached hydrogens (tertiary/aromatic N) is 2. The summed E-state index contributed by atoms with van der Waals surface area (Å²) in [4.78, 5) is 22.7.